The Morgan fingerprint density at radius 2 is 2.06 bits per heavy atom. The van der Waals surface area contributed by atoms with E-state index in [1.807, 2.05) is 12.1 Å². The van der Waals surface area contributed by atoms with E-state index >= 15 is 0 Å². The van der Waals surface area contributed by atoms with E-state index in [0.29, 0.717) is 5.75 Å². The van der Waals surface area contributed by atoms with Gasteiger partial charge in [-0.3, -0.25) is 4.21 Å². The van der Waals surface area contributed by atoms with Crippen molar-refractivity contribution in [2.24, 2.45) is 5.73 Å². The average molecular weight is 267 g/mol. The lowest BCUT2D eigenvalue weighted by Crippen LogP contribution is -2.37. The zero-order chi connectivity index (χ0) is 13.5. The first-order chi connectivity index (χ1) is 8.58. The van der Waals surface area contributed by atoms with Gasteiger partial charge >= 0.3 is 0 Å². The second-order valence-electron chi connectivity index (χ2n) is 4.91. The van der Waals surface area contributed by atoms with E-state index in [1.165, 1.54) is 5.56 Å². The Morgan fingerprint density at radius 3 is 2.61 bits per heavy atom. The van der Waals surface area contributed by atoms with Crippen LogP contribution >= 0.6 is 0 Å². The Kier molecular flexibility index (Phi) is 6.58. The normalized spacial score (nSPS) is 16.2. The first-order valence-corrected chi connectivity index (χ1v) is 8.15. The van der Waals surface area contributed by atoms with Crippen molar-refractivity contribution in [3.8, 4) is 0 Å². The third-order valence-corrected chi connectivity index (χ3v) is 5.21. The molecule has 0 aliphatic heterocycles. The van der Waals surface area contributed by atoms with E-state index in [0.717, 1.165) is 24.8 Å². The predicted molar refractivity (Wildman–Crippen MR) is 80.0 cm³/mol. The van der Waals surface area contributed by atoms with Crippen molar-refractivity contribution in [1.29, 1.82) is 0 Å². The SMILES string of the molecule is CCCC(N)C(CC)S(=O)Cc1cccc(C)c1. The molecule has 2 N–H and O–H groups in total. The number of rotatable bonds is 7. The molecule has 2 nitrogen and oxygen atoms in total. The van der Waals surface area contributed by atoms with Gasteiger partial charge in [-0.05, 0) is 25.3 Å². The molecule has 0 radical (unpaired) electrons. The van der Waals surface area contributed by atoms with Crippen LogP contribution in [-0.2, 0) is 16.6 Å². The van der Waals surface area contributed by atoms with Crippen LogP contribution < -0.4 is 5.73 Å². The lowest BCUT2D eigenvalue weighted by Gasteiger charge is -2.21. The number of hydrogen-bond acceptors (Lipinski definition) is 2. The number of benzene rings is 1. The van der Waals surface area contributed by atoms with Gasteiger partial charge in [0.05, 0.1) is 0 Å². The minimum absolute atomic E-state index is 0.0608. The molecule has 0 saturated carbocycles. The molecule has 0 aliphatic rings. The van der Waals surface area contributed by atoms with Gasteiger partial charge in [0.1, 0.15) is 0 Å². The van der Waals surface area contributed by atoms with Crippen LogP contribution in [0.25, 0.3) is 0 Å². The molecule has 1 aromatic rings. The van der Waals surface area contributed by atoms with Crippen molar-refractivity contribution in [2.45, 2.75) is 57.1 Å². The Morgan fingerprint density at radius 1 is 1.33 bits per heavy atom. The summed E-state index contributed by atoms with van der Waals surface area (Å²) in [5.41, 5.74) is 8.50. The van der Waals surface area contributed by atoms with Crippen LogP contribution in [0.15, 0.2) is 24.3 Å². The molecule has 18 heavy (non-hydrogen) atoms. The van der Waals surface area contributed by atoms with Crippen molar-refractivity contribution in [3.05, 3.63) is 35.4 Å². The molecule has 0 fully saturated rings. The maximum absolute atomic E-state index is 12.4. The fraction of sp³-hybridized carbons (Fsp3) is 0.600. The molecular weight excluding hydrogens is 242 g/mol. The first kappa shape index (κ1) is 15.4. The van der Waals surface area contributed by atoms with Gasteiger partial charge in [0.15, 0.2) is 0 Å². The number of nitrogens with two attached hydrogens (primary N) is 1. The summed E-state index contributed by atoms with van der Waals surface area (Å²) in [5.74, 6) is 0.623. The Hall–Kier alpha value is -0.670. The quantitative estimate of drug-likeness (QED) is 0.824. The Bertz CT molecular complexity index is 392. The zero-order valence-corrected chi connectivity index (χ0v) is 12.5. The van der Waals surface area contributed by atoms with Gasteiger partial charge < -0.3 is 5.73 Å². The molecule has 0 saturated heterocycles. The van der Waals surface area contributed by atoms with Crippen LogP contribution in [0, 0.1) is 6.92 Å². The highest BCUT2D eigenvalue weighted by atomic mass is 32.2. The lowest BCUT2D eigenvalue weighted by atomic mass is 10.1. The van der Waals surface area contributed by atoms with Crippen molar-refractivity contribution < 1.29 is 4.21 Å². The maximum atomic E-state index is 12.4. The smallest absolute Gasteiger partial charge is 0.0499 e. The summed E-state index contributed by atoms with van der Waals surface area (Å²) >= 11 is 0. The minimum Gasteiger partial charge on any atom is -0.327 e. The predicted octanol–water partition coefficient (Wildman–Crippen LogP) is 3.15. The van der Waals surface area contributed by atoms with E-state index in [-0.39, 0.29) is 11.3 Å². The van der Waals surface area contributed by atoms with Crippen molar-refractivity contribution in [2.75, 3.05) is 0 Å². The molecule has 0 bridgehead atoms. The summed E-state index contributed by atoms with van der Waals surface area (Å²) in [6, 6.07) is 8.30. The van der Waals surface area contributed by atoms with E-state index in [1.54, 1.807) is 0 Å². The van der Waals surface area contributed by atoms with Gasteiger partial charge in [-0.15, -0.1) is 0 Å². The van der Waals surface area contributed by atoms with Gasteiger partial charge in [-0.1, -0.05) is 50.1 Å². The van der Waals surface area contributed by atoms with Crippen LogP contribution in [0.1, 0.15) is 44.2 Å². The van der Waals surface area contributed by atoms with Crippen LogP contribution in [0.4, 0.5) is 0 Å². The van der Waals surface area contributed by atoms with Crippen molar-refractivity contribution in [1.82, 2.24) is 0 Å². The maximum Gasteiger partial charge on any atom is 0.0499 e. The molecule has 3 unspecified atom stereocenters. The third kappa shape index (κ3) is 4.54. The van der Waals surface area contributed by atoms with Gasteiger partial charge in [0.2, 0.25) is 0 Å². The minimum atomic E-state index is -0.874. The van der Waals surface area contributed by atoms with Crippen molar-refractivity contribution >= 4 is 10.8 Å². The summed E-state index contributed by atoms with van der Waals surface area (Å²) in [6.07, 6.45) is 2.90. The molecule has 1 aromatic carbocycles. The molecule has 102 valence electrons. The summed E-state index contributed by atoms with van der Waals surface area (Å²) in [5, 5.41) is 0.116. The zero-order valence-electron chi connectivity index (χ0n) is 11.7. The van der Waals surface area contributed by atoms with E-state index in [9.17, 15) is 4.21 Å². The largest absolute Gasteiger partial charge is 0.327 e. The molecule has 0 heterocycles. The highest BCUT2D eigenvalue weighted by Gasteiger charge is 2.21. The summed E-state index contributed by atoms with van der Waals surface area (Å²) in [7, 11) is -0.874. The monoisotopic (exact) mass is 267 g/mol. The summed E-state index contributed by atoms with van der Waals surface area (Å²) in [6.45, 7) is 6.26. The van der Waals surface area contributed by atoms with Gasteiger partial charge in [-0.25, -0.2) is 0 Å². The van der Waals surface area contributed by atoms with Crippen molar-refractivity contribution in [3.63, 3.8) is 0 Å². The number of aryl methyl sites for hydroxylation is 1. The molecule has 3 heteroatoms. The second-order valence-corrected chi connectivity index (χ2v) is 6.57. The van der Waals surface area contributed by atoms with E-state index in [2.05, 4.69) is 32.9 Å². The molecule has 0 spiro atoms. The standard InChI is InChI=1S/C15H25NOS/c1-4-7-14(16)15(5-2)18(17)11-13-9-6-8-12(3)10-13/h6,8-10,14-15H,4-5,7,11,16H2,1-3H3. The van der Waals surface area contributed by atoms with Crippen LogP contribution in [-0.4, -0.2) is 15.5 Å². The highest BCUT2D eigenvalue weighted by Crippen LogP contribution is 2.15. The fourth-order valence-corrected chi connectivity index (χ4v) is 3.90. The molecular formula is C15H25NOS. The Balaban J connectivity index is 2.68. The Labute approximate surface area is 113 Å². The van der Waals surface area contributed by atoms with E-state index in [4.69, 9.17) is 5.73 Å². The highest BCUT2D eigenvalue weighted by molar-refractivity contribution is 7.84. The van der Waals surface area contributed by atoms with Gasteiger partial charge in [0.25, 0.3) is 0 Å². The molecule has 3 atom stereocenters. The molecule has 0 aromatic heterocycles. The summed E-state index contributed by atoms with van der Waals surface area (Å²) < 4.78 is 12.4. The van der Waals surface area contributed by atoms with Crippen LogP contribution in [0.2, 0.25) is 0 Å². The van der Waals surface area contributed by atoms with Crippen LogP contribution in [0.5, 0.6) is 0 Å². The second kappa shape index (κ2) is 7.70. The third-order valence-electron chi connectivity index (χ3n) is 3.23. The molecule has 0 aliphatic carbocycles. The van der Waals surface area contributed by atoms with Gasteiger partial charge in [-0.2, -0.15) is 0 Å². The first-order valence-electron chi connectivity index (χ1n) is 6.76. The summed E-state index contributed by atoms with van der Waals surface area (Å²) in [4.78, 5) is 0. The topological polar surface area (TPSA) is 43.1 Å². The average Bonchev–Trinajstić information content (AvgIpc) is 2.30. The van der Waals surface area contributed by atoms with Crippen LogP contribution in [0.3, 0.4) is 0 Å². The number of hydrogen-bond donors (Lipinski definition) is 1. The molecule has 1 rings (SSSR count). The molecule has 0 amide bonds. The lowest BCUT2D eigenvalue weighted by molar-refractivity contribution is 0.549. The van der Waals surface area contributed by atoms with E-state index < -0.39 is 10.8 Å². The van der Waals surface area contributed by atoms with Gasteiger partial charge in [0, 0.05) is 27.8 Å². The fourth-order valence-electron chi connectivity index (χ4n) is 2.28.